The number of nitriles is 1. The van der Waals surface area contributed by atoms with Gasteiger partial charge >= 0.3 is 0 Å². The highest BCUT2D eigenvalue weighted by Gasteiger charge is 2.04. The maximum Gasteiger partial charge on any atom is 0.146 e. The van der Waals surface area contributed by atoms with Crippen molar-refractivity contribution in [2.75, 3.05) is 5.32 Å². The Hall–Kier alpha value is -1.93. The third kappa shape index (κ3) is 2.84. The van der Waals surface area contributed by atoms with Crippen LogP contribution in [0.3, 0.4) is 0 Å². The molecule has 18 heavy (non-hydrogen) atoms. The molecule has 0 aliphatic heterocycles. The van der Waals surface area contributed by atoms with E-state index in [4.69, 9.17) is 5.26 Å². The highest BCUT2D eigenvalue weighted by molar-refractivity contribution is 9.10. The van der Waals surface area contributed by atoms with Crippen molar-refractivity contribution in [1.29, 1.82) is 5.26 Å². The van der Waals surface area contributed by atoms with E-state index in [1.807, 2.05) is 31.2 Å². The van der Waals surface area contributed by atoms with Gasteiger partial charge in [-0.1, -0.05) is 15.9 Å². The first-order valence-corrected chi connectivity index (χ1v) is 6.17. The summed E-state index contributed by atoms with van der Waals surface area (Å²) in [6.07, 6.45) is 0. The molecule has 90 valence electrons. The van der Waals surface area contributed by atoms with Crippen LogP contribution < -0.4 is 5.32 Å². The molecule has 0 radical (unpaired) electrons. The van der Waals surface area contributed by atoms with Crippen molar-refractivity contribution < 1.29 is 0 Å². The Morgan fingerprint density at radius 3 is 2.67 bits per heavy atom. The number of nitrogens with zero attached hydrogens (tertiary/aromatic N) is 3. The summed E-state index contributed by atoms with van der Waals surface area (Å²) >= 11 is 3.42. The van der Waals surface area contributed by atoms with E-state index in [0.29, 0.717) is 17.3 Å². The van der Waals surface area contributed by atoms with Crippen molar-refractivity contribution >= 4 is 27.4 Å². The second-order valence-corrected chi connectivity index (χ2v) is 4.80. The SMILES string of the molecule is Cc1nc(C#N)cc(Nc2ccc(Br)cc2C)n1. The minimum atomic E-state index is 0.361. The zero-order valence-corrected chi connectivity index (χ0v) is 11.6. The predicted molar refractivity (Wildman–Crippen MR) is 73.6 cm³/mol. The number of aromatic nitrogens is 2. The molecule has 0 saturated heterocycles. The quantitative estimate of drug-likeness (QED) is 0.922. The third-order valence-corrected chi connectivity index (χ3v) is 2.90. The van der Waals surface area contributed by atoms with Crippen LogP contribution >= 0.6 is 15.9 Å². The molecule has 5 heteroatoms. The van der Waals surface area contributed by atoms with Crippen LogP contribution in [0, 0.1) is 25.2 Å². The fraction of sp³-hybridized carbons (Fsp3) is 0.154. The standard InChI is InChI=1S/C13H11BrN4/c1-8-5-10(14)3-4-12(8)18-13-6-11(7-15)16-9(2)17-13/h3-6H,1-2H3,(H,16,17,18). The first-order chi connectivity index (χ1) is 8.58. The van der Waals surface area contributed by atoms with Crippen LogP contribution in [0.25, 0.3) is 0 Å². The lowest BCUT2D eigenvalue weighted by molar-refractivity contribution is 1.04. The van der Waals surface area contributed by atoms with Crippen molar-refractivity contribution in [3.8, 4) is 6.07 Å². The number of aryl methyl sites for hydroxylation is 2. The van der Waals surface area contributed by atoms with E-state index in [-0.39, 0.29) is 0 Å². The second kappa shape index (κ2) is 5.15. The maximum atomic E-state index is 8.87. The first kappa shape index (κ1) is 12.5. The zero-order chi connectivity index (χ0) is 13.1. The van der Waals surface area contributed by atoms with Crippen LogP contribution in [0.1, 0.15) is 17.1 Å². The van der Waals surface area contributed by atoms with Crippen LogP contribution in [0.2, 0.25) is 0 Å². The number of hydrogen-bond donors (Lipinski definition) is 1. The first-order valence-electron chi connectivity index (χ1n) is 5.37. The molecule has 2 aromatic rings. The van der Waals surface area contributed by atoms with E-state index < -0.39 is 0 Å². The largest absolute Gasteiger partial charge is 0.340 e. The summed E-state index contributed by atoms with van der Waals surface area (Å²) in [5, 5.41) is 12.1. The topological polar surface area (TPSA) is 61.6 Å². The van der Waals surface area contributed by atoms with Gasteiger partial charge in [0.25, 0.3) is 0 Å². The highest BCUT2D eigenvalue weighted by atomic mass is 79.9. The second-order valence-electron chi connectivity index (χ2n) is 3.88. The molecular weight excluding hydrogens is 292 g/mol. The summed E-state index contributed by atoms with van der Waals surface area (Å²) in [4.78, 5) is 8.27. The summed E-state index contributed by atoms with van der Waals surface area (Å²) < 4.78 is 1.03. The molecule has 0 spiro atoms. The minimum absolute atomic E-state index is 0.361. The molecule has 0 saturated carbocycles. The van der Waals surface area contributed by atoms with E-state index in [0.717, 1.165) is 15.7 Å². The van der Waals surface area contributed by atoms with Crippen molar-refractivity contribution in [1.82, 2.24) is 9.97 Å². The molecule has 0 fully saturated rings. The van der Waals surface area contributed by atoms with Crippen molar-refractivity contribution in [2.24, 2.45) is 0 Å². The predicted octanol–water partition coefficient (Wildman–Crippen LogP) is 3.47. The van der Waals surface area contributed by atoms with Gasteiger partial charge in [-0.05, 0) is 37.6 Å². The number of halogens is 1. The van der Waals surface area contributed by atoms with E-state index >= 15 is 0 Å². The van der Waals surface area contributed by atoms with E-state index in [1.54, 1.807) is 13.0 Å². The van der Waals surface area contributed by atoms with Gasteiger partial charge in [-0.3, -0.25) is 0 Å². The van der Waals surface area contributed by atoms with Gasteiger partial charge in [0.2, 0.25) is 0 Å². The van der Waals surface area contributed by atoms with Crippen LogP contribution in [-0.2, 0) is 0 Å². The fourth-order valence-corrected chi connectivity index (χ4v) is 2.07. The zero-order valence-electron chi connectivity index (χ0n) is 10.0. The van der Waals surface area contributed by atoms with E-state index in [9.17, 15) is 0 Å². The number of hydrogen-bond acceptors (Lipinski definition) is 4. The summed E-state index contributed by atoms with van der Waals surface area (Å²) in [5.74, 6) is 1.20. The third-order valence-electron chi connectivity index (χ3n) is 2.40. The number of rotatable bonds is 2. The normalized spacial score (nSPS) is 9.89. The molecule has 2 rings (SSSR count). The average molecular weight is 303 g/mol. The molecule has 0 atom stereocenters. The molecule has 0 aliphatic carbocycles. The Bertz CT molecular complexity index is 631. The number of benzene rings is 1. The summed E-state index contributed by atoms with van der Waals surface area (Å²) in [5.41, 5.74) is 2.42. The van der Waals surface area contributed by atoms with Gasteiger partial charge in [0, 0.05) is 16.2 Å². The molecule has 0 aliphatic rings. The lowest BCUT2D eigenvalue weighted by Gasteiger charge is -2.09. The smallest absolute Gasteiger partial charge is 0.146 e. The molecule has 0 unspecified atom stereocenters. The molecular formula is C13H11BrN4. The summed E-state index contributed by atoms with van der Waals surface area (Å²) in [7, 11) is 0. The Morgan fingerprint density at radius 2 is 2.00 bits per heavy atom. The molecule has 4 nitrogen and oxygen atoms in total. The molecule has 1 aromatic heterocycles. The van der Waals surface area contributed by atoms with Gasteiger partial charge in [0.05, 0.1) is 0 Å². The lowest BCUT2D eigenvalue weighted by atomic mass is 10.2. The molecule has 0 amide bonds. The van der Waals surface area contributed by atoms with Crippen LogP contribution in [0.5, 0.6) is 0 Å². The van der Waals surface area contributed by atoms with Gasteiger partial charge in [0.1, 0.15) is 23.4 Å². The molecule has 1 aromatic carbocycles. The monoisotopic (exact) mass is 302 g/mol. The van der Waals surface area contributed by atoms with E-state index in [2.05, 4.69) is 31.2 Å². The summed E-state index contributed by atoms with van der Waals surface area (Å²) in [6, 6.07) is 9.58. The van der Waals surface area contributed by atoms with Crippen LogP contribution in [0.4, 0.5) is 11.5 Å². The van der Waals surface area contributed by atoms with Crippen molar-refractivity contribution in [3.05, 3.63) is 45.8 Å². The van der Waals surface area contributed by atoms with Crippen LogP contribution in [0.15, 0.2) is 28.7 Å². The Labute approximate surface area is 114 Å². The van der Waals surface area contributed by atoms with Gasteiger partial charge in [-0.15, -0.1) is 0 Å². The van der Waals surface area contributed by atoms with Crippen molar-refractivity contribution in [2.45, 2.75) is 13.8 Å². The minimum Gasteiger partial charge on any atom is -0.340 e. The maximum absolute atomic E-state index is 8.87. The molecule has 1 N–H and O–H groups in total. The Balaban J connectivity index is 2.34. The molecule has 0 bridgehead atoms. The Kier molecular flexibility index (Phi) is 3.58. The number of nitrogens with one attached hydrogen (secondary N) is 1. The van der Waals surface area contributed by atoms with Gasteiger partial charge < -0.3 is 5.32 Å². The van der Waals surface area contributed by atoms with Gasteiger partial charge in [0.15, 0.2) is 0 Å². The van der Waals surface area contributed by atoms with Gasteiger partial charge in [-0.25, -0.2) is 9.97 Å². The fourth-order valence-electron chi connectivity index (χ4n) is 1.59. The lowest BCUT2D eigenvalue weighted by Crippen LogP contribution is -2.00. The average Bonchev–Trinajstić information content (AvgIpc) is 2.32. The van der Waals surface area contributed by atoms with Gasteiger partial charge in [-0.2, -0.15) is 5.26 Å². The summed E-state index contributed by atoms with van der Waals surface area (Å²) in [6.45, 7) is 3.77. The molecule has 1 heterocycles. The van der Waals surface area contributed by atoms with E-state index in [1.165, 1.54) is 0 Å². The number of anilines is 2. The highest BCUT2D eigenvalue weighted by Crippen LogP contribution is 2.23. The van der Waals surface area contributed by atoms with Crippen molar-refractivity contribution in [3.63, 3.8) is 0 Å². The Morgan fingerprint density at radius 1 is 1.22 bits per heavy atom. The van der Waals surface area contributed by atoms with Crippen LogP contribution in [-0.4, -0.2) is 9.97 Å².